The van der Waals surface area contributed by atoms with E-state index < -0.39 is 0 Å². The number of carbonyl (C=O) groups is 2. The first-order valence-corrected chi connectivity index (χ1v) is 12.9. The number of carbonyl (C=O) groups excluding carboxylic acids is 2. The van der Waals surface area contributed by atoms with E-state index in [1.807, 2.05) is 29.1 Å². The number of aliphatic hydroxyl groups is 1. The highest BCUT2D eigenvalue weighted by molar-refractivity contribution is 6.09. The van der Waals surface area contributed by atoms with Crippen molar-refractivity contribution in [3.05, 3.63) is 94.8 Å². The first-order chi connectivity index (χ1) is 18.5. The smallest absolute Gasteiger partial charge is 0.230 e. The fraction of sp³-hybridized carbons (Fsp3) is 0.300. The van der Waals surface area contributed by atoms with Crippen molar-refractivity contribution in [3.8, 4) is 5.69 Å². The van der Waals surface area contributed by atoms with Crippen molar-refractivity contribution in [1.82, 2.24) is 14.7 Å². The largest absolute Gasteiger partial charge is 0.464 e. The van der Waals surface area contributed by atoms with E-state index in [9.17, 15) is 19.1 Å². The SMILES string of the molecule is C[C@@H]1C2=C(CC[C@H]2C(=O)N(CCO)CC(=O)c2coc3ccccc23)Cc2c1cnn2-c1ccc(F)cc1. The number of aliphatic hydroxyl groups excluding tert-OH is 1. The van der Waals surface area contributed by atoms with Crippen LogP contribution in [0.5, 0.6) is 0 Å². The molecule has 7 nitrogen and oxygen atoms in total. The molecule has 2 heterocycles. The number of amides is 1. The van der Waals surface area contributed by atoms with Crippen LogP contribution in [0.3, 0.4) is 0 Å². The summed E-state index contributed by atoms with van der Waals surface area (Å²) in [6, 6.07) is 13.6. The van der Waals surface area contributed by atoms with Crippen molar-refractivity contribution in [2.45, 2.75) is 32.1 Å². The molecule has 1 N–H and O–H groups in total. The van der Waals surface area contributed by atoms with Crippen LogP contribution in [-0.2, 0) is 11.2 Å². The van der Waals surface area contributed by atoms with Gasteiger partial charge in [0, 0.05) is 29.8 Å². The van der Waals surface area contributed by atoms with Crippen molar-refractivity contribution in [2.75, 3.05) is 19.7 Å². The maximum Gasteiger partial charge on any atom is 0.230 e. The van der Waals surface area contributed by atoms with E-state index in [4.69, 9.17) is 4.42 Å². The Hall–Kier alpha value is -4.04. The predicted octanol–water partition coefficient (Wildman–Crippen LogP) is 4.83. The zero-order valence-electron chi connectivity index (χ0n) is 21.1. The minimum absolute atomic E-state index is 0.0103. The monoisotopic (exact) mass is 513 g/mol. The first kappa shape index (κ1) is 24.3. The Labute approximate surface area is 219 Å². The number of benzene rings is 2. The number of furan rings is 1. The average Bonchev–Trinajstić information content (AvgIpc) is 3.66. The number of allylic oxidation sites excluding steroid dienone is 1. The molecule has 2 aliphatic rings. The fourth-order valence-corrected chi connectivity index (χ4v) is 6.08. The minimum Gasteiger partial charge on any atom is -0.464 e. The van der Waals surface area contributed by atoms with Crippen LogP contribution < -0.4 is 0 Å². The summed E-state index contributed by atoms with van der Waals surface area (Å²) in [4.78, 5) is 28.5. The topological polar surface area (TPSA) is 88.6 Å². The second-order valence-electron chi connectivity index (χ2n) is 10.0. The molecule has 0 saturated carbocycles. The van der Waals surface area contributed by atoms with E-state index in [1.165, 1.54) is 28.9 Å². The molecule has 2 aromatic carbocycles. The van der Waals surface area contributed by atoms with Crippen molar-refractivity contribution in [1.29, 1.82) is 0 Å². The highest BCUT2D eigenvalue weighted by Crippen LogP contribution is 2.47. The lowest BCUT2D eigenvalue weighted by Gasteiger charge is -2.30. The summed E-state index contributed by atoms with van der Waals surface area (Å²) in [5.74, 6) is -1.00. The summed E-state index contributed by atoms with van der Waals surface area (Å²) in [7, 11) is 0. The Balaban J connectivity index is 1.25. The molecule has 1 amide bonds. The zero-order valence-corrected chi connectivity index (χ0v) is 21.1. The lowest BCUT2D eigenvalue weighted by molar-refractivity contribution is -0.134. The van der Waals surface area contributed by atoms with Crippen molar-refractivity contribution in [2.24, 2.45) is 5.92 Å². The maximum absolute atomic E-state index is 13.8. The van der Waals surface area contributed by atoms with Gasteiger partial charge in [-0.3, -0.25) is 9.59 Å². The molecule has 0 fully saturated rings. The molecular formula is C30H28FN3O4. The normalized spacial score (nSPS) is 18.5. The Kier molecular flexibility index (Phi) is 6.19. The van der Waals surface area contributed by atoms with Gasteiger partial charge in [-0.2, -0.15) is 5.10 Å². The van der Waals surface area contributed by atoms with Crippen LogP contribution in [-0.4, -0.2) is 51.2 Å². The highest BCUT2D eigenvalue weighted by atomic mass is 19.1. The Morgan fingerprint density at radius 3 is 2.76 bits per heavy atom. The van der Waals surface area contributed by atoms with Gasteiger partial charge in [-0.15, -0.1) is 0 Å². The van der Waals surface area contributed by atoms with Crippen LogP contribution in [0.2, 0.25) is 0 Å². The van der Waals surface area contributed by atoms with Gasteiger partial charge in [-0.25, -0.2) is 9.07 Å². The zero-order chi connectivity index (χ0) is 26.4. The Morgan fingerprint density at radius 1 is 1.18 bits per heavy atom. The van der Waals surface area contributed by atoms with Gasteiger partial charge in [0.2, 0.25) is 5.91 Å². The lowest BCUT2D eigenvalue weighted by atomic mass is 9.79. The number of aromatic nitrogens is 2. The summed E-state index contributed by atoms with van der Waals surface area (Å²) in [6.07, 6.45) is 5.42. The summed E-state index contributed by atoms with van der Waals surface area (Å²) in [5, 5.41) is 15.0. The number of rotatable bonds is 7. The quantitative estimate of drug-likeness (QED) is 0.283. The predicted molar refractivity (Wildman–Crippen MR) is 140 cm³/mol. The van der Waals surface area contributed by atoms with Gasteiger partial charge in [-0.05, 0) is 43.2 Å². The van der Waals surface area contributed by atoms with Crippen molar-refractivity contribution >= 4 is 22.7 Å². The van der Waals surface area contributed by atoms with Crippen LogP contribution in [0.15, 0.2) is 76.6 Å². The number of nitrogens with zero attached hydrogens (tertiary/aromatic N) is 3. The van der Waals surface area contributed by atoms with Crippen LogP contribution in [0.1, 0.15) is 47.3 Å². The van der Waals surface area contributed by atoms with Crippen LogP contribution >= 0.6 is 0 Å². The molecule has 38 heavy (non-hydrogen) atoms. The summed E-state index contributed by atoms with van der Waals surface area (Å²) in [5.41, 5.74) is 6.30. The number of halogens is 1. The summed E-state index contributed by atoms with van der Waals surface area (Å²) >= 11 is 0. The third-order valence-electron chi connectivity index (χ3n) is 7.90. The lowest BCUT2D eigenvalue weighted by Crippen LogP contribution is -2.42. The van der Waals surface area contributed by atoms with Gasteiger partial charge in [-0.1, -0.05) is 36.3 Å². The molecule has 0 unspecified atom stereocenters. The van der Waals surface area contributed by atoms with Crippen LogP contribution in [0.25, 0.3) is 16.7 Å². The molecule has 2 aliphatic carbocycles. The van der Waals surface area contributed by atoms with Crippen molar-refractivity contribution < 1.29 is 23.5 Å². The fourth-order valence-electron chi connectivity index (χ4n) is 6.08. The number of para-hydroxylation sites is 1. The van der Waals surface area contributed by atoms with Gasteiger partial charge < -0.3 is 14.4 Å². The summed E-state index contributed by atoms with van der Waals surface area (Å²) in [6.45, 7) is 1.83. The number of ketones is 1. The molecule has 0 spiro atoms. The molecule has 8 heteroatoms. The highest BCUT2D eigenvalue weighted by Gasteiger charge is 2.41. The van der Waals surface area contributed by atoms with E-state index in [2.05, 4.69) is 12.0 Å². The van der Waals surface area contributed by atoms with E-state index in [0.29, 0.717) is 29.4 Å². The van der Waals surface area contributed by atoms with Crippen molar-refractivity contribution in [3.63, 3.8) is 0 Å². The maximum atomic E-state index is 13.8. The van der Waals surface area contributed by atoms with Gasteiger partial charge in [0.1, 0.15) is 17.7 Å². The molecule has 0 bridgehead atoms. The van der Waals surface area contributed by atoms with E-state index in [1.54, 1.807) is 18.2 Å². The van der Waals surface area contributed by atoms with Gasteiger partial charge in [0.15, 0.2) is 5.78 Å². The molecule has 0 radical (unpaired) electrons. The standard InChI is InChI=1S/C30H28FN3O4/c1-18-24-15-32-34(21-9-7-20(31)8-10-21)26(24)14-19-6-11-23(29(18)19)30(37)33(12-13-35)16-27(36)25-17-38-28-5-3-2-4-22(25)28/h2-5,7-10,15,17-18,23,35H,6,11-14,16H2,1H3/t18-,23+/m0/s1. The molecule has 194 valence electrons. The van der Waals surface area contributed by atoms with Gasteiger partial charge >= 0.3 is 0 Å². The Morgan fingerprint density at radius 2 is 1.97 bits per heavy atom. The van der Waals surface area contributed by atoms with E-state index in [-0.39, 0.29) is 49.0 Å². The molecule has 6 rings (SSSR count). The van der Waals surface area contributed by atoms with E-state index in [0.717, 1.165) is 28.9 Å². The molecule has 2 atom stereocenters. The van der Waals surface area contributed by atoms with Gasteiger partial charge in [0.05, 0.1) is 42.2 Å². The summed E-state index contributed by atoms with van der Waals surface area (Å²) < 4.78 is 20.8. The average molecular weight is 514 g/mol. The first-order valence-electron chi connectivity index (χ1n) is 12.9. The second-order valence-corrected chi connectivity index (χ2v) is 10.0. The van der Waals surface area contributed by atoms with Gasteiger partial charge in [0.25, 0.3) is 0 Å². The molecule has 4 aromatic rings. The number of Topliss-reactive ketones (excluding diaryl/α,β-unsaturated/α-hetero) is 1. The molecular weight excluding hydrogens is 485 g/mol. The number of hydrogen-bond donors (Lipinski definition) is 1. The molecule has 0 aliphatic heterocycles. The third kappa shape index (κ3) is 4.05. The van der Waals surface area contributed by atoms with Crippen LogP contribution in [0.4, 0.5) is 4.39 Å². The number of fused-ring (bicyclic) bond motifs is 2. The number of hydrogen-bond acceptors (Lipinski definition) is 5. The van der Waals surface area contributed by atoms with Crippen LogP contribution in [0, 0.1) is 11.7 Å². The third-order valence-corrected chi connectivity index (χ3v) is 7.90. The molecule has 0 saturated heterocycles. The molecule has 2 aromatic heterocycles. The van der Waals surface area contributed by atoms with E-state index >= 15 is 0 Å². The Bertz CT molecular complexity index is 1570. The second kappa shape index (κ2) is 9.68. The minimum atomic E-state index is -0.345.